The SMILES string of the molecule is COC(=O)[C@@]12[C@@]3(C)[C@@H]4C=C5C(=CC(=O)OC5(C)C)[C@@](C)(O)[C@@H]3C[C@@]3(C)C(=O)O[C@@H](O[C@@H](C)[C@@]1(O)O4)[C@@]23O. The van der Waals surface area contributed by atoms with Crippen molar-refractivity contribution < 1.29 is 53.4 Å². The van der Waals surface area contributed by atoms with Crippen LogP contribution in [0.2, 0.25) is 0 Å². The van der Waals surface area contributed by atoms with E-state index in [0.717, 1.165) is 7.11 Å². The number of hydrogen-bond acceptors (Lipinski definition) is 11. The minimum absolute atomic E-state index is 0.178. The van der Waals surface area contributed by atoms with Gasteiger partial charge in [0.05, 0.1) is 18.8 Å². The predicted molar refractivity (Wildman–Crippen MR) is 121 cm³/mol. The quantitative estimate of drug-likeness (QED) is 0.321. The van der Waals surface area contributed by atoms with E-state index in [1.54, 1.807) is 26.8 Å². The minimum atomic E-state index is -2.50. The summed E-state index contributed by atoms with van der Waals surface area (Å²) >= 11 is 0. The summed E-state index contributed by atoms with van der Waals surface area (Å²) < 4.78 is 28.5. The molecule has 11 nitrogen and oxygen atoms in total. The van der Waals surface area contributed by atoms with Gasteiger partial charge in [0.15, 0.2) is 11.0 Å². The molecule has 4 fully saturated rings. The largest absolute Gasteiger partial charge is 0.468 e. The molecular weight excluding hydrogens is 488 g/mol. The molecule has 6 aliphatic rings. The molecule has 4 aliphatic heterocycles. The van der Waals surface area contributed by atoms with Crippen LogP contribution in [0.25, 0.3) is 0 Å². The summed E-state index contributed by atoms with van der Waals surface area (Å²) in [5, 5.41) is 37.3. The Labute approximate surface area is 213 Å². The molecule has 0 amide bonds. The van der Waals surface area contributed by atoms with Crippen LogP contribution in [0.5, 0.6) is 0 Å². The molecule has 0 bridgehead atoms. The zero-order valence-corrected chi connectivity index (χ0v) is 21.8. The number of cyclic esters (lactones) is 1. The molecule has 37 heavy (non-hydrogen) atoms. The first kappa shape index (κ1) is 25.0. The molecule has 0 aromatic rings. The third-order valence-electron chi connectivity index (χ3n) is 10.5. The Morgan fingerprint density at radius 2 is 1.73 bits per heavy atom. The lowest BCUT2D eigenvalue weighted by atomic mass is 9.35. The second-order valence-electron chi connectivity index (χ2n) is 12.3. The van der Waals surface area contributed by atoms with Crippen LogP contribution in [0.15, 0.2) is 23.3 Å². The van der Waals surface area contributed by atoms with Crippen LogP contribution >= 0.6 is 0 Å². The van der Waals surface area contributed by atoms with Crippen LogP contribution < -0.4 is 0 Å². The molecule has 0 aromatic heterocycles. The zero-order chi connectivity index (χ0) is 27.4. The van der Waals surface area contributed by atoms with E-state index in [1.165, 1.54) is 26.8 Å². The van der Waals surface area contributed by atoms with Crippen molar-refractivity contribution in [3.63, 3.8) is 0 Å². The van der Waals surface area contributed by atoms with Crippen LogP contribution in [0.1, 0.15) is 48.0 Å². The topological polar surface area (TPSA) is 158 Å². The number of carbonyl (C=O) groups is 3. The normalized spacial score (nSPS) is 54.6. The molecule has 1 saturated carbocycles. The smallest absolute Gasteiger partial charge is 0.332 e. The van der Waals surface area contributed by atoms with Crippen LogP contribution in [-0.2, 0) is 38.1 Å². The fourth-order valence-electron chi connectivity index (χ4n) is 8.70. The zero-order valence-electron chi connectivity index (χ0n) is 21.8. The number of rotatable bonds is 1. The molecule has 2 aliphatic carbocycles. The first-order chi connectivity index (χ1) is 16.9. The van der Waals surface area contributed by atoms with Gasteiger partial charge in [0.1, 0.15) is 17.1 Å². The standard InChI is InChI=1S/C26H32O11/c1-11-26(32)24(18(29)33-7)22(5)14(10-21(4)17(28)35-19(34-11)25(21,24)31)23(6,30)13-9-16(27)37-20(2,3)12(13)8-15(22)36-26/h8-9,11,14-15,19,30-32H,10H2,1-7H3/t11-,14+,15-,19+,21-,22+,23+,24-,25-,26+/m0/s1. The monoisotopic (exact) mass is 520 g/mol. The Morgan fingerprint density at radius 1 is 1.08 bits per heavy atom. The van der Waals surface area contributed by atoms with E-state index in [0.29, 0.717) is 5.57 Å². The lowest BCUT2D eigenvalue weighted by molar-refractivity contribution is -0.421. The third-order valence-corrected chi connectivity index (χ3v) is 10.5. The van der Waals surface area contributed by atoms with Crippen molar-refractivity contribution in [2.75, 3.05) is 7.11 Å². The van der Waals surface area contributed by atoms with Gasteiger partial charge in [0, 0.05) is 17.4 Å². The van der Waals surface area contributed by atoms with Crippen LogP contribution in [0.3, 0.4) is 0 Å². The first-order valence-corrected chi connectivity index (χ1v) is 12.4. The summed E-state index contributed by atoms with van der Waals surface area (Å²) in [7, 11) is 1.11. The summed E-state index contributed by atoms with van der Waals surface area (Å²) in [4.78, 5) is 40.2. The average molecular weight is 521 g/mol. The number of methoxy groups -OCH3 is 1. The lowest BCUT2D eigenvalue weighted by Crippen LogP contribution is -2.85. The van der Waals surface area contributed by atoms with Gasteiger partial charge < -0.3 is 39.0 Å². The van der Waals surface area contributed by atoms with Crippen molar-refractivity contribution in [2.24, 2.45) is 22.2 Å². The van der Waals surface area contributed by atoms with Gasteiger partial charge in [0.2, 0.25) is 12.1 Å². The molecule has 0 spiro atoms. The van der Waals surface area contributed by atoms with Gasteiger partial charge in [-0.2, -0.15) is 0 Å². The second-order valence-corrected chi connectivity index (χ2v) is 12.3. The molecule has 10 atom stereocenters. The summed E-state index contributed by atoms with van der Waals surface area (Å²) in [5.74, 6) is -6.06. The fourth-order valence-corrected chi connectivity index (χ4v) is 8.70. The Morgan fingerprint density at radius 3 is 2.35 bits per heavy atom. The predicted octanol–water partition coefficient (Wildman–Crippen LogP) is 0.251. The van der Waals surface area contributed by atoms with Gasteiger partial charge in [-0.3, -0.25) is 9.59 Å². The van der Waals surface area contributed by atoms with E-state index in [-0.39, 0.29) is 12.0 Å². The maximum absolute atomic E-state index is 14.1. The van der Waals surface area contributed by atoms with Crippen molar-refractivity contribution in [3.05, 3.63) is 23.3 Å². The summed E-state index contributed by atoms with van der Waals surface area (Å²) in [5.41, 5.74) is -10.6. The molecule has 4 heterocycles. The molecular formula is C26H32O11. The van der Waals surface area contributed by atoms with Gasteiger partial charge in [0.25, 0.3) is 0 Å². The highest BCUT2D eigenvalue weighted by Crippen LogP contribution is 2.80. The Bertz CT molecular complexity index is 1230. The van der Waals surface area contributed by atoms with Crippen LogP contribution in [-0.4, -0.2) is 81.4 Å². The first-order valence-electron chi connectivity index (χ1n) is 12.4. The van der Waals surface area contributed by atoms with Crippen molar-refractivity contribution in [1.82, 2.24) is 0 Å². The number of carbonyl (C=O) groups excluding carboxylic acids is 3. The number of esters is 3. The summed E-state index contributed by atoms with van der Waals surface area (Å²) in [6.45, 7) is 9.33. The summed E-state index contributed by atoms with van der Waals surface area (Å²) in [6, 6.07) is 0. The average Bonchev–Trinajstić information content (AvgIpc) is 3.09. The maximum atomic E-state index is 14.1. The highest BCUT2D eigenvalue weighted by Gasteiger charge is 2.97. The van der Waals surface area contributed by atoms with Crippen molar-refractivity contribution in [2.45, 2.75) is 89.1 Å². The molecule has 3 N–H and O–H groups in total. The van der Waals surface area contributed by atoms with E-state index >= 15 is 0 Å². The van der Waals surface area contributed by atoms with Gasteiger partial charge >= 0.3 is 17.9 Å². The van der Waals surface area contributed by atoms with E-state index in [2.05, 4.69) is 0 Å². The van der Waals surface area contributed by atoms with Gasteiger partial charge in [-0.25, -0.2) is 4.79 Å². The molecule has 0 aromatic carbocycles. The van der Waals surface area contributed by atoms with Gasteiger partial charge in [-0.15, -0.1) is 0 Å². The highest BCUT2D eigenvalue weighted by atomic mass is 16.8. The van der Waals surface area contributed by atoms with E-state index in [1.807, 2.05) is 0 Å². The lowest BCUT2D eigenvalue weighted by Gasteiger charge is -2.67. The Kier molecular flexibility index (Phi) is 4.36. The Hall–Kier alpha value is -2.31. The molecule has 6 rings (SSSR count). The molecule has 3 saturated heterocycles. The molecule has 0 radical (unpaired) electrons. The summed E-state index contributed by atoms with van der Waals surface area (Å²) in [6.07, 6.45) is -1.33. The van der Waals surface area contributed by atoms with Crippen molar-refractivity contribution in [1.29, 1.82) is 0 Å². The van der Waals surface area contributed by atoms with Crippen molar-refractivity contribution in [3.8, 4) is 0 Å². The molecule has 0 unspecified atom stereocenters. The fraction of sp³-hybridized carbons (Fsp3) is 0.731. The highest BCUT2D eigenvalue weighted by molar-refractivity contribution is 5.91. The van der Waals surface area contributed by atoms with E-state index in [4.69, 9.17) is 23.7 Å². The number of fused-ring (bicyclic) bond motifs is 1. The maximum Gasteiger partial charge on any atom is 0.332 e. The van der Waals surface area contributed by atoms with Gasteiger partial charge in [-0.05, 0) is 58.3 Å². The number of aliphatic hydroxyl groups is 3. The number of ether oxygens (including phenoxy) is 5. The van der Waals surface area contributed by atoms with Gasteiger partial charge in [-0.1, -0.05) is 6.92 Å². The minimum Gasteiger partial charge on any atom is -0.468 e. The van der Waals surface area contributed by atoms with Crippen molar-refractivity contribution >= 4 is 17.9 Å². The van der Waals surface area contributed by atoms with E-state index < -0.39 is 81.2 Å². The Balaban J connectivity index is 1.79. The van der Waals surface area contributed by atoms with E-state index in [9.17, 15) is 29.7 Å². The number of hydrogen-bond donors (Lipinski definition) is 3. The molecule has 202 valence electrons. The third kappa shape index (κ3) is 2.18. The second kappa shape index (κ2) is 6.45. The van der Waals surface area contributed by atoms with Crippen LogP contribution in [0, 0.1) is 22.2 Å². The molecule has 11 heteroatoms. The van der Waals surface area contributed by atoms with Crippen LogP contribution in [0.4, 0.5) is 0 Å².